The molecule has 6 N–H and O–H groups in total. The Morgan fingerprint density at radius 3 is 2.10 bits per heavy atom. The predicted molar refractivity (Wildman–Crippen MR) is 212 cm³/mol. The SMILES string of the molecule is CCC1OC(=O)C(C)C(OC2CC(C)(OC)C(O)C(C)O2)C(C)C(OC2OC(C)CC([N+](C)(C)COCCOC)C2O)C(C)(O)CC(C)C(=NO)C(C)C(O)C1(C)O. The highest BCUT2D eigenvalue weighted by Gasteiger charge is 2.54. The quantitative estimate of drug-likeness (QED) is 0.0414. The summed E-state index contributed by atoms with van der Waals surface area (Å²) in [7, 11) is 6.96. The zero-order chi connectivity index (χ0) is 44.1. The number of aliphatic hydroxyl groups is 5. The molecule has 0 radical (unpaired) electrons. The number of hydrogen-bond acceptors (Lipinski definition) is 16. The van der Waals surface area contributed by atoms with E-state index in [9.17, 15) is 35.5 Å². The summed E-state index contributed by atoms with van der Waals surface area (Å²) in [5.74, 6) is -4.38. The van der Waals surface area contributed by atoms with Crippen molar-refractivity contribution >= 4 is 11.7 Å². The summed E-state index contributed by atoms with van der Waals surface area (Å²) in [4.78, 5) is 14.3. The number of carbonyl (C=O) groups excluding carboxylic acids is 1. The minimum Gasteiger partial charge on any atom is -0.459 e. The van der Waals surface area contributed by atoms with Gasteiger partial charge < -0.3 is 73.1 Å². The van der Waals surface area contributed by atoms with Gasteiger partial charge in [-0.3, -0.25) is 4.79 Å². The number of oxime groups is 1. The molecule has 0 aliphatic carbocycles. The van der Waals surface area contributed by atoms with E-state index in [4.69, 9.17) is 37.9 Å². The molecule has 18 unspecified atom stereocenters. The van der Waals surface area contributed by atoms with Crippen LogP contribution >= 0.6 is 0 Å². The fourth-order valence-corrected chi connectivity index (χ4v) is 9.33. The maximum absolute atomic E-state index is 14.3. The van der Waals surface area contributed by atoms with Crippen LogP contribution in [0.3, 0.4) is 0 Å². The van der Waals surface area contributed by atoms with Gasteiger partial charge in [-0.1, -0.05) is 32.9 Å². The van der Waals surface area contributed by atoms with Crippen molar-refractivity contribution in [2.24, 2.45) is 28.8 Å². The first kappa shape index (κ1) is 50.8. The van der Waals surface area contributed by atoms with E-state index in [-0.39, 0.29) is 42.3 Å². The lowest BCUT2D eigenvalue weighted by Crippen LogP contribution is -2.64. The summed E-state index contributed by atoms with van der Waals surface area (Å²) in [6.07, 6.45) is -10.1. The van der Waals surface area contributed by atoms with E-state index in [1.54, 1.807) is 62.5 Å². The van der Waals surface area contributed by atoms with Gasteiger partial charge in [-0.15, -0.1) is 0 Å². The number of likely N-dealkylation sites (N-methyl/N-ethyl adjacent to an activating group) is 1. The fraction of sp³-hybridized carbons (Fsp3) is 0.951. The van der Waals surface area contributed by atoms with E-state index in [0.29, 0.717) is 19.6 Å². The lowest BCUT2D eigenvalue weighted by Gasteiger charge is -2.50. The van der Waals surface area contributed by atoms with Crippen LogP contribution in [0.4, 0.5) is 0 Å². The molecule has 0 amide bonds. The predicted octanol–water partition coefficient (Wildman–Crippen LogP) is 2.18. The van der Waals surface area contributed by atoms with E-state index >= 15 is 0 Å². The molecule has 18 atom stereocenters. The first-order chi connectivity index (χ1) is 26.8. The molecule has 0 aromatic carbocycles. The van der Waals surface area contributed by atoms with Gasteiger partial charge in [-0.25, -0.2) is 0 Å². The Morgan fingerprint density at radius 1 is 0.897 bits per heavy atom. The van der Waals surface area contributed by atoms with Crippen molar-refractivity contribution in [1.29, 1.82) is 0 Å². The standard InChI is InChI=1S/C41H76N2O15/c1-15-29-41(10,49)34(45)24(4)31(42-50)22(2)19-39(8,48)36(58-38-32(44)28(18-23(3)54-38)43(11,12)21-53-17-16-51-13)25(5)33(26(6)37(47)56-29)57-30-20-40(9,52-14)35(46)27(7)55-30/h22-30,32-36,38,44-46,48-49H,15-21H2,1-14H3/p+1. The summed E-state index contributed by atoms with van der Waals surface area (Å²) in [6, 6.07) is -0.417. The van der Waals surface area contributed by atoms with Crippen LogP contribution in [0.2, 0.25) is 0 Å². The summed E-state index contributed by atoms with van der Waals surface area (Å²) in [5, 5.41) is 72.9. The largest absolute Gasteiger partial charge is 0.459 e. The molecule has 0 spiro atoms. The molecule has 0 bridgehead atoms. The van der Waals surface area contributed by atoms with E-state index in [0.717, 1.165) is 0 Å². The molecule has 3 rings (SSSR count). The zero-order valence-corrected chi connectivity index (χ0v) is 37.4. The Bertz CT molecular complexity index is 1330. The monoisotopic (exact) mass is 838 g/mol. The molecular weight excluding hydrogens is 760 g/mol. The van der Waals surface area contributed by atoms with Gasteiger partial charge in [0, 0.05) is 44.8 Å². The van der Waals surface area contributed by atoms with Gasteiger partial charge in [-0.05, 0) is 54.4 Å². The molecule has 0 saturated carbocycles. The fourth-order valence-electron chi connectivity index (χ4n) is 9.33. The third-order valence-electron chi connectivity index (χ3n) is 13.1. The molecule has 0 aromatic rings. The zero-order valence-electron chi connectivity index (χ0n) is 37.4. The van der Waals surface area contributed by atoms with Crippen LogP contribution in [0.5, 0.6) is 0 Å². The van der Waals surface area contributed by atoms with E-state index in [1.165, 1.54) is 14.0 Å². The van der Waals surface area contributed by atoms with Gasteiger partial charge in [0.25, 0.3) is 0 Å². The van der Waals surface area contributed by atoms with Gasteiger partial charge in [0.2, 0.25) is 0 Å². The van der Waals surface area contributed by atoms with Crippen molar-refractivity contribution in [3.05, 3.63) is 0 Å². The molecule has 3 aliphatic rings. The average Bonchev–Trinajstić information content (AvgIpc) is 3.15. The van der Waals surface area contributed by atoms with E-state index < -0.39 is 108 Å². The third-order valence-corrected chi connectivity index (χ3v) is 13.1. The Morgan fingerprint density at radius 2 is 1.53 bits per heavy atom. The highest BCUT2D eigenvalue weighted by atomic mass is 16.7. The second kappa shape index (κ2) is 20.5. The molecule has 17 nitrogen and oxygen atoms in total. The lowest BCUT2D eigenvalue weighted by atomic mass is 9.73. The average molecular weight is 838 g/mol. The van der Waals surface area contributed by atoms with Gasteiger partial charge in [0.05, 0.1) is 80.7 Å². The number of aliphatic hydroxyl groups excluding tert-OH is 3. The van der Waals surface area contributed by atoms with Gasteiger partial charge in [0.15, 0.2) is 25.4 Å². The van der Waals surface area contributed by atoms with Crippen molar-refractivity contribution < 1.29 is 77.9 Å². The summed E-state index contributed by atoms with van der Waals surface area (Å²) in [5.41, 5.74) is -4.78. The molecule has 3 saturated heterocycles. The Labute approximate surface area is 345 Å². The van der Waals surface area contributed by atoms with Gasteiger partial charge in [-0.2, -0.15) is 0 Å². The van der Waals surface area contributed by atoms with Crippen LogP contribution < -0.4 is 0 Å². The normalized spacial score (nSPS) is 46.1. The smallest absolute Gasteiger partial charge is 0.311 e. The Balaban J connectivity index is 2.19. The maximum Gasteiger partial charge on any atom is 0.311 e. The number of ether oxygens (including phenoxy) is 8. The second-order valence-electron chi connectivity index (χ2n) is 18.4. The lowest BCUT2D eigenvalue weighted by molar-refractivity contribution is -0.939. The number of rotatable bonds is 12. The Kier molecular flexibility index (Phi) is 18.0. The highest BCUT2D eigenvalue weighted by molar-refractivity contribution is 5.88. The van der Waals surface area contributed by atoms with Crippen LogP contribution in [0.25, 0.3) is 0 Å². The summed E-state index contributed by atoms with van der Waals surface area (Å²) >= 11 is 0. The molecular formula is C41H77N2O15+. The molecule has 3 fully saturated rings. The van der Waals surface area contributed by atoms with Crippen molar-refractivity contribution in [2.75, 3.05) is 48.3 Å². The van der Waals surface area contributed by atoms with E-state index in [1.807, 2.05) is 21.0 Å². The first-order valence-corrected chi connectivity index (χ1v) is 20.8. The number of carbonyl (C=O) groups is 1. The van der Waals surface area contributed by atoms with Crippen LogP contribution in [-0.4, -0.2) is 179 Å². The number of methoxy groups -OCH3 is 2. The number of quaternary nitrogens is 1. The van der Waals surface area contributed by atoms with Crippen molar-refractivity contribution in [3.8, 4) is 0 Å². The number of cyclic esters (lactones) is 1. The van der Waals surface area contributed by atoms with Gasteiger partial charge >= 0.3 is 5.97 Å². The maximum atomic E-state index is 14.3. The first-order valence-electron chi connectivity index (χ1n) is 20.8. The van der Waals surface area contributed by atoms with Gasteiger partial charge in [0.1, 0.15) is 23.9 Å². The molecule has 0 aromatic heterocycles. The van der Waals surface area contributed by atoms with Crippen molar-refractivity contribution in [1.82, 2.24) is 0 Å². The van der Waals surface area contributed by atoms with E-state index in [2.05, 4.69) is 5.16 Å². The highest BCUT2D eigenvalue weighted by Crippen LogP contribution is 2.41. The number of hydrogen-bond donors (Lipinski definition) is 6. The molecule has 58 heavy (non-hydrogen) atoms. The minimum atomic E-state index is -1.99. The molecule has 3 aliphatic heterocycles. The molecule has 340 valence electrons. The van der Waals surface area contributed by atoms with Crippen LogP contribution in [0.1, 0.15) is 94.9 Å². The topological polar surface area (TPSA) is 225 Å². The molecule has 17 heteroatoms. The Hall–Kier alpha value is -1.58. The van der Waals surface area contributed by atoms with Crippen molar-refractivity contribution in [2.45, 2.75) is 179 Å². The summed E-state index contributed by atoms with van der Waals surface area (Å²) < 4.78 is 49.0. The molecule has 3 heterocycles. The van der Waals surface area contributed by atoms with Crippen LogP contribution in [0, 0.1) is 23.7 Å². The van der Waals surface area contributed by atoms with Crippen LogP contribution in [0.15, 0.2) is 5.16 Å². The van der Waals surface area contributed by atoms with Crippen LogP contribution in [-0.2, 0) is 42.7 Å². The third kappa shape index (κ3) is 11.5. The summed E-state index contributed by atoms with van der Waals surface area (Å²) in [6.45, 7) is 17.6. The number of nitrogens with zero attached hydrogens (tertiary/aromatic N) is 2. The minimum absolute atomic E-state index is 0.0781. The number of esters is 1. The van der Waals surface area contributed by atoms with Crippen molar-refractivity contribution in [3.63, 3.8) is 0 Å². The second-order valence-corrected chi connectivity index (χ2v) is 18.4.